The molecule has 0 fully saturated rings. The lowest BCUT2D eigenvalue weighted by molar-refractivity contribution is -0.123. The summed E-state index contributed by atoms with van der Waals surface area (Å²) in [6.07, 6.45) is 0. The fourth-order valence-electron chi connectivity index (χ4n) is 1.63. The Morgan fingerprint density at radius 1 is 1.17 bits per heavy atom. The molecule has 0 aliphatic rings. The summed E-state index contributed by atoms with van der Waals surface area (Å²) in [7, 11) is 0. The van der Waals surface area contributed by atoms with Crippen LogP contribution in [0.2, 0.25) is 0 Å². The molecule has 4 heteroatoms. The highest BCUT2D eigenvalue weighted by Crippen LogP contribution is 2.05. The van der Waals surface area contributed by atoms with Gasteiger partial charge in [-0.05, 0) is 25.0 Å². The molecule has 0 saturated heterocycles. The van der Waals surface area contributed by atoms with Crippen LogP contribution in [0.5, 0.6) is 0 Å². The van der Waals surface area contributed by atoms with Gasteiger partial charge >= 0.3 is 0 Å². The van der Waals surface area contributed by atoms with Crippen molar-refractivity contribution in [1.82, 2.24) is 10.6 Å². The standard InChI is InChI=1S/C14H20N2O2/c1-4-15-14(18)12(10(2)3)16-13(17)11-8-6-5-7-9-11/h5-10,12H,4H2,1-3H3,(H,15,18)(H,16,17)/t12-/m0/s1. The number of hydrogen-bond donors (Lipinski definition) is 2. The maximum absolute atomic E-state index is 12.0. The van der Waals surface area contributed by atoms with Crippen molar-refractivity contribution in [3.05, 3.63) is 35.9 Å². The Morgan fingerprint density at radius 3 is 2.28 bits per heavy atom. The van der Waals surface area contributed by atoms with E-state index < -0.39 is 6.04 Å². The zero-order chi connectivity index (χ0) is 13.5. The molecule has 4 nitrogen and oxygen atoms in total. The van der Waals surface area contributed by atoms with Crippen LogP contribution in [0.3, 0.4) is 0 Å². The first-order valence-corrected chi connectivity index (χ1v) is 6.19. The van der Waals surface area contributed by atoms with E-state index in [2.05, 4.69) is 10.6 Å². The average Bonchev–Trinajstić information content (AvgIpc) is 2.36. The van der Waals surface area contributed by atoms with Gasteiger partial charge < -0.3 is 10.6 Å². The molecule has 1 aromatic carbocycles. The molecule has 0 radical (unpaired) electrons. The van der Waals surface area contributed by atoms with Crippen LogP contribution in [0.15, 0.2) is 30.3 Å². The van der Waals surface area contributed by atoms with Gasteiger partial charge in [-0.3, -0.25) is 9.59 Å². The molecule has 1 aromatic rings. The topological polar surface area (TPSA) is 58.2 Å². The number of nitrogens with one attached hydrogen (secondary N) is 2. The van der Waals surface area contributed by atoms with Crippen LogP contribution in [0.1, 0.15) is 31.1 Å². The highest BCUT2D eigenvalue weighted by Gasteiger charge is 2.23. The molecule has 0 saturated carbocycles. The van der Waals surface area contributed by atoms with Crippen molar-refractivity contribution in [1.29, 1.82) is 0 Å². The summed E-state index contributed by atoms with van der Waals surface area (Å²) in [5.74, 6) is -0.318. The molecule has 2 amide bonds. The Labute approximate surface area is 108 Å². The molecule has 0 unspecified atom stereocenters. The van der Waals surface area contributed by atoms with Crippen molar-refractivity contribution in [2.45, 2.75) is 26.8 Å². The Bertz CT molecular complexity index is 402. The number of carbonyl (C=O) groups is 2. The number of rotatable bonds is 5. The second-order valence-electron chi connectivity index (χ2n) is 4.46. The molecule has 0 aliphatic heterocycles. The molecule has 2 N–H and O–H groups in total. The molecule has 0 heterocycles. The highest BCUT2D eigenvalue weighted by atomic mass is 16.2. The van der Waals surface area contributed by atoms with Crippen LogP contribution in [0.25, 0.3) is 0 Å². The normalized spacial score (nSPS) is 12.0. The molecule has 0 spiro atoms. The van der Waals surface area contributed by atoms with E-state index in [-0.39, 0.29) is 17.7 Å². The fraction of sp³-hybridized carbons (Fsp3) is 0.429. The monoisotopic (exact) mass is 248 g/mol. The summed E-state index contributed by atoms with van der Waals surface area (Å²) in [6, 6.07) is 8.39. The van der Waals surface area contributed by atoms with Crippen molar-refractivity contribution < 1.29 is 9.59 Å². The SMILES string of the molecule is CCNC(=O)[C@@H](NC(=O)c1ccccc1)C(C)C. The smallest absolute Gasteiger partial charge is 0.251 e. The van der Waals surface area contributed by atoms with Gasteiger partial charge in [-0.15, -0.1) is 0 Å². The number of hydrogen-bond acceptors (Lipinski definition) is 2. The first kappa shape index (κ1) is 14.2. The van der Waals surface area contributed by atoms with E-state index in [4.69, 9.17) is 0 Å². The lowest BCUT2D eigenvalue weighted by atomic mass is 10.0. The zero-order valence-corrected chi connectivity index (χ0v) is 11.1. The molecule has 98 valence electrons. The third kappa shape index (κ3) is 3.87. The first-order chi connectivity index (χ1) is 8.56. The minimum absolute atomic E-state index is 0.0456. The van der Waals surface area contributed by atoms with Gasteiger partial charge in [0.1, 0.15) is 6.04 Å². The summed E-state index contributed by atoms with van der Waals surface area (Å²) in [6.45, 7) is 6.23. The number of benzene rings is 1. The lowest BCUT2D eigenvalue weighted by Gasteiger charge is -2.21. The van der Waals surface area contributed by atoms with Gasteiger partial charge in [0.05, 0.1) is 0 Å². The van der Waals surface area contributed by atoms with Gasteiger partial charge in [-0.25, -0.2) is 0 Å². The van der Waals surface area contributed by atoms with Crippen molar-refractivity contribution in [3.63, 3.8) is 0 Å². The van der Waals surface area contributed by atoms with Gasteiger partial charge in [-0.2, -0.15) is 0 Å². The maximum Gasteiger partial charge on any atom is 0.251 e. The minimum atomic E-state index is -0.502. The average molecular weight is 248 g/mol. The van der Waals surface area contributed by atoms with E-state index in [0.29, 0.717) is 12.1 Å². The van der Waals surface area contributed by atoms with Gasteiger partial charge in [0.25, 0.3) is 5.91 Å². The van der Waals surface area contributed by atoms with E-state index in [1.807, 2.05) is 26.8 Å². The van der Waals surface area contributed by atoms with Crippen LogP contribution in [0.4, 0.5) is 0 Å². The van der Waals surface area contributed by atoms with E-state index >= 15 is 0 Å². The summed E-state index contributed by atoms with van der Waals surface area (Å²) in [5, 5.41) is 5.50. The van der Waals surface area contributed by atoms with Crippen LogP contribution < -0.4 is 10.6 Å². The summed E-state index contributed by atoms with van der Waals surface area (Å²) >= 11 is 0. The third-order valence-electron chi connectivity index (χ3n) is 2.62. The van der Waals surface area contributed by atoms with Crippen LogP contribution in [-0.2, 0) is 4.79 Å². The molecular weight excluding hydrogens is 228 g/mol. The molecule has 0 bridgehead atoms. The third-order valence-corrected chi connectivity index (χ3v) is 2.62. The summed E-state index contributed by atoms with van der Waals surface area (Å²) < 4.78 is 0. The van der Waals surface area contributed by atoms with E-state index in [0.717, 1.165) is 0 Å². The lowest BCUT2D eigenvalue weighted by Crippen LogP contribution is -2.49. The highest BCUT2D eigenvalue weighted by molar-refractivity contribution is 5.97. The fourth-order valence-corrected chi connectivity index (χ4v) is 1.63. The second kappa shape index (κ2) is 6.79. The summed E-state index contributed by atoms with van der Waals surface area (Å²) in [5.41, 5.74) is 0.562. The molecule has 0 aromatic heterocycles. The number of likely N-dealkylation sites (N-methyl/N-ethyl adjacent to an activating group) is 1. The van der Waals surface area contributed by atoms with Gasteiger partial charge in [-0.1, -0.05) is 32.0 Å². The second-order valence-corrected chi connectivity index (χ2v) is 4.46. The minimum Gasteiger partial charge on any atom is -0.355 e. The van der Waals surface area contributed by atoms with Crippen molar-refractivity contribution in [2.75, 3.05) is 6.54 Å². The largest absolute Gasteiger partial charge is 0.355 e. The van der Waals surface area contributed by atoms with E-state index in [1.54, 1.807) is 24.3 Å². The Kier molecular flexibility index (Phi) is 5.36. The van der Waals surface area contributed by atoms with E-state index in [9.17, 15) is 9.59 Å². The summed E-state index contributed by atoms with van der Waals surface area (Å²) in [4.78, 5) is 23.8. The quantitative estimate of drug-likeness (QED) is 0.831. The Morgan fingerprint density at radius 2 is 1.78 bits per heavy atom. The van der Waals surface area contributed by atoms with Crippen molar-refractivity contribution in [2.24, 2.45) is 5.92 Å². The zero-order valence-electron chi connectivity index (χ0n) is 11.1. The predicted octanol–water partition coefficient (Wildman–Crippen LogP) is 1.58. The number of amides is 2. The predicted molar refractivity (Wildman–Crippen MR) is 71.2 cm³/mol. The maximum atomic E-state index is 12.0. The van der Waals surface area contributed by atoms with Crippen molar-refractivity contribution >= 4 is 11.8 Å². The van der Waals surface area contributed by atoms with Gasteiger partial charge in [0.15, 0.2) is 0 Å². The van der Waals surface area contributed by atoms with Crippen LogP contribution >= 0.6 is 0 Å². The first-order valence-electron chi connectivity index (χ1n) is 6.19. The van der Waals surface area contributed by atoms with Gasteiger partial charge in [0, 0.05) is 12.1 Å². The molecule has 1 atom stereocenters. The van der Waals surface area contributed by atoms with E-state index in [1.165, 1.54) is 0 Å². The molecular formula is C14H20N2O2. The van der Waals surface area contributed by atoms with Crippen molar-refractivity contribution in [3.8, 4) is 0 Å². The molecule has 1 rings (SSSR count). The molecule has 0 aliphatic carbocycles. The van der Waals surface area contributed by atoms with Crippen LogP contribution in [0, 0.1) is 5.92 Å². The number of carbonyl (C=O) groups excluding carboxylic acids is 2. The Hall–Kier alpha value is -1.84. The molecule has 18 heavy (non-hydrogen) atoms. The van der Waals surface area contributed by atoms with Crippen LogP contribution in [-0.4, -0.2) is 24.4 Å². The Balaban J connectivity index is 2.73. The van der Waals surface area contributed by atoms with Gasteiger partial charge in [0.2, 0.25) is 5.91 Å².